The molecule has 0 spiro atoms. The standard InChI is InChI=1S/C19H19NO2/c21-18(14-15-8-3-1-4-9-15)20-13-7-12-17(20)19(22)16-10-5-2-6-11-16/h1-6,8-11,17H,7,12-14H2. The molecule has 1 amide bonds. The predicted octanol–water partition coefficient (Wildman–Crippen LogP) is 3.10. The summed E-state index contributed by atoms with van der Waals surface area (Å²) in [6.07, 6.45) is 2.01. The van der Waals surface area contributed by atoms with Gasteiger partial charge >= 0.3 is 0 Å². The smallest absolute Gasteiger partial charge is 0.227 e. The third-order valence-corrected chi connectivity index (χ3v) is 4.13. The van der Waals surface area contributed by atoms with Crippen molar-refractivity contribution in [3.05, 3.63) is 71.8 Å². The van der Waals surface area contributed by atoms with Gasteiger partial charge in [-0.25, -0.2) is 0 Å². The van der Waals surface area contributed by atoms with E-state index in [1.54, 1.807) is 4.90 Å². The van der Waals surface area contributed by atoms with Crippen LogP contribution in [0.1, 0.15) is 28.8 Å². The molecule has 1 saturated heterocycles. The van der Waals surface area contributed by atoms with Crippen molar-refractivity contribution in [2.24, 2.45) is 0 Å². The molecule has 0 bridgehead atoms. The molecular formula is C19H19NO2. The highest BCUT2D eigenvalue weighted by Gasteiger charge is 2.34. The molecule has 2 aromatic carbocycles. The number of Topliss-reactive ketones (excluding diaryl/α,β-unsaturated/α-hetero) is 1. The molecule has 0 aliphatic carbocycles. The van der Waals surface area contributed by atoms with Crippen LogP contribution in [0.4, 0.5) is 0 Å². The summed E-state index contributed by atoms with van der Waals surface area (Å²) in [6.45, 7) is 0.676. The normalized spacial score (nSPS) is 17.5. The van der Waals surface area contributed by atoms with E-state index >= 15 is 0 Å². The van der Waals surface area contributed by atoms with E-state index in [9.17, 15) is 9.59 Å². The molecule has 3 heteroatoms. The first-order chi connectivity index (χ1) is 10.8. The van der Waals surface area contributed by atoms with Gasteiger partial charge < -0.3 is 4.90 Å². The van der Waals surface area contributed by atoms with Crippen LogP contribution in [0.25, 0.3) is 0 Å². The number of nitrogens with zero attached hydrogens (tertiary/aromatic N) is 1. The van der Waals surface area contributed by atoms with Crippen LogP contribution in [0.3, 0.4) is 0 Å². The Balaban J connectivity index is 1.73. The number of hydrogen-bond acceptors (Lipinski definition) is 2. The Morgan fingerprint density at radius 1 is 0.955 bits per heavy atom. The van der Waals surface area contributed by atoms with Crippen molar-refractivity contribution in [3.63, 3.8) is 0 Å². The summed E-state index contributed by atoms with van der Waals surface area (Å²) in [4.78, 5) is 26.9. The van der Waals surface area contributed by atoms with Gasteiger partial charge in [-0.15, -0.1) is 0 Å². The van der Waals surface area contributed by atoms with Crippen LogP contribution in [0.15, 0.2) is 60.7 Å². The molecular weight excluding hydrogens is 274 g/mol. The third kappa shape index (κ3) is 3.08. The molecule has 22 heavy (non-hydrogen) atoms. The van der Waals surface area contributed by atoms with Crippen molar-refractivity contribution in [1.29, 1.82) is 0 Å². The first kappa shape index (κ1) is 14.5. The summed E-state index contributed by atoms with van der Waals surface area (Å²) < 4.78 is 0. The highest BCUT2D eigenvalue weighted by atomic mass is 16.2. The number of carbonyl (C=O) groups is 2. The van der Waals surface area contributed by atoms with E-state index < -0.39 is 0 Å². The Labute approximate surface area is 130 Å². The minimum Gasteiger partial charge on any atom is -0.332 e. The molecule has 1 fully saturated rings. The fraction of sp³-hybridized carbons (Fsp3) is 0.263. The maximum Gasteiger partial charge on any atom is 0.227 e. The molecule has 0 N–H and O–H groups in total. The first-order valence-electron chi connectivity index (χ1n) is 7.68. The van der Waals surface area contributed by atoms with E-state index in [-0.39, 0.29) is 17.7 Å². The Hall–Kier alpha value is -2.42. The summed E-state index contributed by atoms with van der Waals surface area (Å²) in [5, 5.41) is 0. The second-order valence-electron chi connectivity index (χ2n) is 5.64. The van der Waals surface area contributed by atoms with Gasteiger partial charge in [0.1, 0.15) is 0 Å². The fourth-order valence-electron chi connectivity index (χ4n) is 3.00. The highest BCUT2D eigenvalue weighted by molar-refractivity contribution is 6.02. The lowest BCUT2D eigenvalue weighted by Crippen LogP contribution is -2.41. The molecule has 2 aromatic rings. The van der Waals surface area contributed by atoms with Crippen LogP contribution in [0.5, 0.6) is 0 Å². The number of ketones is 1. The average Bonchev–Trinajstić information content (AvgIpc) is 3.05. The zero-order chi connectivity index (χ0) is 15.4. The van der Waals surface area contributed by atoms with Crippen molar-refractivity contribution in [2.75, 3.05) is 6.54 Å². The molecule has 1 aliphatic heterocycles. The number of hydrogen-bond donors (Lipinski definition) is 0. The highest BCUT2D eigenvalue weighted by Crippen LogP contribution is 2.22. The lowest BCUT2D eigenvalue weighted by molar-refractivity contribution is -0.130. The molecule has 0 aromatic heterocycles. The molecule has 112 valence electrons. The van der Waals surface area contributed by atoms with Gasteiger partial charge in [0.05, 0.1) is 12.5 Å². The molecule has 1 unspecified atom stereocenters. The van der Waals surface area contributed by atoms with Gasteiger partial charge in [0.25, 0.3) is 0 Å². The van der Waals surface area contributed by atoms with E-state index in [2.05, 4.69) is 0 Å². The molecule has 1 heterocycles. The minimum absolute atomic E-state index is 0.0398. The summed E-state index contributed by atoms with van der Waals surface area (Å²) in [7, 11) is 0. The molecule has 3 nitrogen and oxygen atoms in total. The summed E-state index contributed by atoms with van der Waals surface area (Å²) in [5.41, 5.74) is 1.68. The number of rotatable bonds is 4. The lowest BCUT2D eigenvalue weighted by atomic mass is 10.0. The molecule has 0 radical (unpaired) electrons. The van der Waals surface area contributed by atoms with Gasteiger partial charge in [-0.2, -0.15) is 0 Å². The second-order valence-corrected chi connectivity index (χ2v) is 5.64. The summed E-state index contributed by atoms with van der Waals surface area (Å²) in [5.74, 6) is 0.0949. The van der Waals surface area contributed by atoms with E-state index in [0.717, 1.165) is 18.4 Å². The lowest BCUT2D eigenvalue weighted by Gasteiger charge is -2.24. The summed E-state index contributed by atoms with van der Waals surface area (Å²) in [6, 6.07) is 18.6. The van der Waals surface area contributed by atoms with E-state index in [0.29, 0.717) is 18.5 Å². The number of carbonyl (C=O) groups excluding carboxylic acids is 2. The monoisotopic (exact) mass is 293 g/mol. The Bertz CT molecular complexity index is 652. The van der Waals surface area contributed by atoms with Gasteiger partial charge in [0.15, 0.2) is 5.78 Å². The van der Waals surface area contributed by atoms with Crippen molar-refractivity contribution in [3.8, 4) is 0 Å². The predicted molar refractivity (Wildman–Crippen MR) is 85.7 cm³/mol. The van der Waals surface area contributed by atoms with Gasteiger partial charge in [-0.1, -0.05) is 60.7 Å². The number of likely N-dealkylation sites (tertiary alicyclic amines) is 1. The SMILES string of the molecule is O=C(c1ccccc1)C1CCCN1C(=O)Cc1ccccc1. The maximum absolute atomic E-state index is 12.6. The fourth-order valence-corrected chi connectivity index (χ4v) is 3.00. The van der Waals surface area contributed by atoms with Crippen LogP contribution in [0, 0.1) is 0 Å². The number of amides is 1. The van der Waals surface area contributed by atoms with Crippen molar-refractivity contribution in [1.82, 2.24) is 4.90 Å². The Morgan fingerprint density at radius 2 is 1.59 bits per heavy atom. The molecule has 1 atom stereocenters. The largest absolute Gasteiger partial charge is 0.332 e. The average molecular weight is 293 g/mol. The Kier molecular flexibility index (Phi) is 4.33. The zero-order valence-electron chi connectivity index (χ0n) is 12.4. The van der Waals surface area contributed by atoms with Gasteiger partial charge in [-0.3, -0.25) is 9.59 Å². The quantitative estimate of drug-likeness (QED) is 0.812. The molecule has 3 rings (SSSR count). The van der Waals surface area contributed by atoms with Crippen molar-refractivity contribution >= 4 is 11.7 Å². The van der Waals surface area contributed by atoms with Crippen LogP contribution in [-0.4, -0.2) is 29.2 Å². The maximum atomic E-state index is 12.6. The van der Waals surface area contributed by atoms with Crippen LogP contribution < -0.4 is 0 Å². The zero-order valence-corrected chi connectivity index (χ0v) is 12.4. The van der Waals surface area contributed by atoms with Crippen molar-refractivity contribution in [2.45, 2.75) is 25.3 Å². The van der Waals surface area contributed by atoms with E-state index in [1.807, 2.05) is 60.7 Å². The van der Waals surface area contributed by atoms with Gasteiger partial charge in [-0.05, 0) is 18.4 Å². The third-order valence-electron chi connectivity index (χ3n) is 4.13. The van der Waals surface area contributed by atoms with Crippen LogP contribution in [-0.2, 0) is 11.2 Å². The minimum atomic E-state index is -0.307. The van der Waals surface area contributed by atoms with Crippen molar-refractivity contribution < 1.29 is 9.59 Å². The van der Waals surface area contributed by atoms with Crippen LogP contribution in [0.2, 0.25) is 0 Å². The van der Waals surface area contributed by atoms with Crippen LogP contribution >= 0.6 is 0 Å². The van der Waals surface area contributed by atoms with E-state index in [1.165, 1.54) is 0 Å². The molecule has 0 saturated carbocycles. The summed E-state index contributed by atoms with van der Waals surface area (Å²) >= 11 is 0. The topological polar surface area (TPSA) is 37.4 Å². The first-order valence-corrected chi connectivity index (χ1v) is 7.68. The number of benzene rings is 2. The van der Waals surface area contributed by atoms with Gasteiger partial charge in [0.2, 0.25) is 5.91 Å². The van der Waals surface area contributed by atoms with E-state index in [4.69, 9.17) is 0 Å². The Morgan fingerprint density at radius 3 is 2.27 bits per heavy atom. The second kappa shape index (κ2) is 6.56. The molecule has 1 aliphatic rings. The van der Waals surface area contributed by atoms with Gasteiger partial charge in [0, 0.05) is 12.1 Å².